The molecule has 1 fully saturated rings. The summed E-state index contributed by atoms with van der Waals surface area (Å²) in [5, 5.41) is 0. The van der Waals surface area contributed by atoms with Gasteiger partial charge in [0.15, 0.2) is 0 Å². The first-order valence-corrected chi connectivity index (χ1v) is 5.86. The Labute approximate surface area is 97.6 Å². The van der Waals surface area contributed by atoms with E-state index in [1.165, 1.54) is 0 Å². The van der Waals surface area contributed by atoms with Crippen molar-refractivity contribution in [3.05, 3.63) is 28.5 Å². The molecule has 3 nitrogen and oxygen atoms in total. The van der Waals surface area contributed by atoms with Crippen LogP contribution in [0.5, 0.6) is 0 Å². The molecule has 0 aromatic carbocycles. The van der Waals surface area contributed by atoms with Gasteiger partial charge in [-0.15, -0.1) is 0 Å². The number of hydrogen-bond acceptors (Lipinski definition) is 2. The molecule has 0 bridgehead atoms. The predicted molar refractivity (Wildman–Crippen MR) is 61.3 cm³/mol. The molecule has 15 heavy (non-hydrogen) atoms. The first-order valence-electron chi connectivity index (χ1n) is 5.07. The van der Waals surface area contributed by atoms with Gasteiger partial charge in [0.2, 0.25) is 5.91 Å². The smallest absolute Gasteiger partial charge is 0.220 e. The third-order valence-electron chi connectivity index (χ3n) is 2.75. The van der Waals surface area contributed by atoms with Crippen molar-refractivity contribution in [2.45, 2.75) is 25.8 Å². The van der Waals surface area contributed by atoms with Gasteiger partial charge in [-0.2, -0.15) is 0 Å². The summed E-state index contributed by atoms with van der Waals surface area (Å²) in [6, 6.07) is 4.13. The highest BCUT2D eigenvalue weighted by molar-refractivity contribution is 9.10. The number of halogens is 1. The number of carbonyl (C=O) groups is 1. The average Bonchev–Trinajstić information content (AvgIpc) is 2.67. The molecule has 1 aromatic heterocycles. The van der Waals surface area contributed by atoms with E-state index < -0.39 is 0 Å². The van der Waals surface area contributed by atoms with E-state index >= 15 is 0 Å². The van der Waals surface area contributed by atoms with Gasteiger partial charge in [0.1, 0.15) is 0 Å². The number of pyridine rings is 1. The summed E-state index contributed by atoms with van der Waals surface area (Å²) in [6.07, 6.45) is 3.88. The lowest BCUT2D eigenvalue weighted by Crippen LogP contribution is -2.28. The lowest BCUT2D eigenvalue weighted by molar-refractivity contribution is -0.129. The van der Waals surface area contributed by atoms with Gasteiger partial charge < -0.3 is 4.90 Å². The van der Waals surface area contributed by atoms with Crippen LogP contribution in [0.25, 0.3) is 0 Å². The van der Waals surface area contributed by atoms with E-state index in [4.69, 9.17) is 0 Å². The fraction of sp³-hybridized carbons (Fsp3) is 0.455. The van der Waals surface area contributed by atoms with Gasteiger partial charge in [0.05, 0.1) is 11.7 Å². The molecule has 0 radical (unpaired) electrons. The molecule has 80 valence electrons. The minimum atomic E-state index is 0.141. The molecule has 0 aliphatic carbocycles. The van der Waals surface area contributed by atoms with Crippen LogP contribution in [0.4, 0.5) is 0 Å². The molecular formula is C11H13BrN2O. The standard InChI is InChI=1S/C11H13BrN2O/c1-8(15)14-6-2-3-11(14)10-5-4-9(12)7-13-10/h4-5,7,11H,2-3,6H2,1H3/t11-/m1/s1. The Morgan fingerprint density at radius 1 is 1.60 bits per heavy atom. The van der Waals surface area contributed by atoms with Gasteiger partial charge in [-0.1, -0.05) is 0 Å². The van der Waals surface area contributed by atoms with Crippen LogP contribution in [-0.4, -0.2) is 22.3 Å². The van der Waals surface area contributed by atoms with E-state index in [1.54, 1.807) is 13.1 Å². The molecule has 0 spiro atoms. The van der Waals surface area contributed by atoms with Crippen molar-refractivity contribution in [3.63, 3.8) is 0 Å². The third kappa shape index (κ3) is 2.20. The third-order valence-corrected chi connectivity index (χ3v) is 3.22. The quantitative estimate of drug-likeness (QED) is 0.784. The predicted octanol–water partition coefficient (Wildman–Crippen LogP) is 2.53. The summed E-state index contributed by atoms with van der Waals surface area (Å²) in [5.74, 6) is 0.141. The molecule has 0 unspecified atom stereocenters. The average molecular weight is 269 g/mol. The van der Waals surface area contributed by atoms with Crippen LogP contribution >= 0.6 is 15.9 Å². The monoisotopic (exact) mass is 268 g/mol. The SMILES string of the molecule is CC(=O)N1CCC[C@@H]1c1ccc(Br)cn1. The zero-order chi connectivity index (χ0) is 10.8. The van der Waals surface area contributed by atoms with Crippen molar-refractivity contribution >= 4 is 21.8 Å². The largest absolute Gasteiger partial charge is 0.334 e. The molecule has 1 atom stereocenters. The summed E-state index contributed by atoms with van der Waals surface area (Å²) in [7, 11) is 0. The van der Waals surface area contributed by atoms with Crippen LogP contribution in [0.1, 0.15) is 31.5 Å². The van der Waals surface area contributed by atoms with Crippen molar-refractivity contribution in [2.24, 2.45) is 0 Å². The summed E-state index contributed by atoms with van der Waals surface area (Å²) >= 11 is 3.36. The van der Waals surface area contributed by atoms with Gasteiger partial charge in [-0.05, 0) is 40.9 Å². The summed E-state index contributed by atoms with van der Waals surface area (Å²) in [5.41, 5.74) is 0.992. The maximum absolute atomic E-state index is 11.4. The fourth-order valence-corrected chi connectivity index (χ4v) is 2.27. The number of likely N-dealkylation sites (tertiary alicyclic amines) is 1. The van der Waals surface area contributed by atoms with Crippen molar-refractivity contribution in [1.82, 2.24) is 9.88 Å². The second-order valence-electron chi connectivity index (χ2n) is 3.77. The van der Waals surface area contributed by atoms with Crippen molar-refractivity contribution in [3.8, 4) is 0 Å². The van der Waals surface area contributed by atoms with Gasteiger partial charge in [-0.25, -0.2) is 0 Å². The summed E-state index contributed by atoms with van der Waals surface area (Å²) in [4.78, 5) is 17.6. The highest BCUT2D eigenvalue weighted by Gasteiger charge is 2.28. The molecular weight excluding hydrogens is 256 g/mol. The normalized spacial score (nSPS) is 20.7. The van der Waals surface area contributed by atoms with E-state index in [0.717, 1.165) is 29.6 Å². The lowest BCUT2D eigenvalue weighted by Gasteiger charge is -2.22. The Morgan fingerprint density at radius 2 is 2.40 bits per heavy atom. The molecule has 1 aromatic rings. The van der Waals surface area contributed by atoms with E-state index in [9.17, 15) is 4.79 Å². The second kappa shape index (κ2) is 4.31. The van der Waals surface area contributed by atoms with E-state index in [1.807, 2.05) is 17.0 Å². The van der Waals surface area contributed by atoms with E-state index in [0.29, 0.717) is 0 Å². The highest BCUT2D eigenvalue weighted by atomic mass is 79.9. The van der Waals surface area contributed by atoms with Crippen LogP contribution in [0, 0.1) is 0 Å². The zero-order valence-corrected chi connectivity index (χ0v) is 10.2. The van der Waals surface area contributed by atoms with Crippen LogP contribution in [0.3, 0.4) is 0 Å². The zero-order valence-electron chi connectivity index (χ0n) is 8.61. The molecule has 1 saturated heterocycles. The van der Waals surface area contributed by atoms with Crippen molar-refractivity contribution in [2.75, 3.05) is 6.54 Å². The Hall–Kier alpha value is -0.900. The summed E-state index contributed by atoms with van der Waals surface area (Å²) < 4.78 is 0.971. The Bertz CT molecular complexity index is 363. The van der Waals surface area contributed by atoms with E-state index in [2.05, 4.69) is 20.9 Å². The molecule has 2 rings (SSSR count). The minimum Gasteiger partial charge on any atom is -0.334 e. The Kier molecular flexibility index (Phi) is 3.05. The fourth-order valence-electron chi connectivity index (χ4n) is 2.04. The lowest BCUT2D eigenvalue weighted by atomic mass is 10.1. The Morgan fingerprint density at radius 3 is 3.00 bits per heavy atom. The maximum Gasteiger partial charge on any atom is 0.220 e. The molecule has 2 heterocycles. The van der Waals surface area contributed by atoms with Crippen LogP contribution < -0.4 is 0 Å². The van der Waals surface area contributed by atoms with Crippen LogP contribution in [-0.2, 0) is 4.79 Å². The van der Waals surface area contributed by atoms with Gasteiger partial charge in [0, 0.05) is 24.1 Å². The van der Waals surface area contributed by atoms with Crippen molar-refractivity contribution in [1.29, 1.82) is 0 Å². The van der Waals surface area contributed by atoms with Gasteiger partial charge in [0.25, 0.3) is 0 Å². The molecule has 1 aliphatic heterocycles. The molecule has 1 aliphatic rings. The molecule has 0 saturated carbocycles. The van der Waals surface area contributed by atoms with Crippen LogP contribution in [0.15, 0.2) is 22.8 Å². The first kappa shape index (κ1) is 10.6. The van der Waals surface area contributed by atoms with Gasteiger partial charge >= 0.3 is 0 Å². The maximum atomic E-state index is 11.4. The number of aromatic nitrogens is 1. The molecule has 1 amide bonds. The molecule has 0 N–H and O–H groups in total. The summed E-state index contributed by atoms with van der Waals surface area (Å²) in [6.45, 7) is 2.48. The minimum absolute atomic E-state index is 0.141. The second-order valence-corrected chi connectivity index (χ2v) is 4.69. The van der Waals surface area contributed by atoms with E-state index in [-0.39, 0.29) is 11.9 Å². The number of nitrogens with zero attached hydrogens (tertiary/aromatic N) is 2. The number of rotatable bonds is 1. The first-order chi connectivity index (χ1) is 7.18. The van der Waals surface area contributed by atoms with Crippen molar-refractivity contribution < 1.29 is 4.79 Å². The number of amides is 1. The highest BCUT2D eigenvalue weighted by Crippen LogP contribution is 2.30. The molecule has 4 heteroatoms. The number of carbonyl (C=O) groups excluding carboxylic acids is 1. The van der Waals surface area contributed by atoms with Gasteiger partial charge in [-0.3, -0.25) is 9.78 Å². The number of hydrogen-bond donors (Lipinski definition) is 0. The topological polar surface area (TPSA) is 33.2 Å². The van der Waals surface area contributed by atoms with Crippen LogP contribution in [0.2, 0.25) is 0 Å². The Balaban J connectivity index is 2.22.